The van der Waals surface area contributed by atoms with Crippen LogP contribution in [0.2, 0.25) is 0 Å². The van der Waals surface area contributed by atoms with E-state index in [-0.39, 0.29) is 32.0 Å². The number of hydrogen-bond donors (Lipinski definition) is 1. The number of phosphoric acid groups is 1. The van der Waals surface area contributed by atoms with E-state index < -0.39 is 26.5 Å². The molecule has 0 spiro atoms. The van der Waals surface area contributed by atoms with Crippen LogP contribution in [0.25, 0.3) is 0 Å². The Balaban J connectivity index is 4.40. The monoisotopic (exact) mass is 773 g/mol. The Morgan fingerprint density at radius 2 is 0.962 bits per heavy atom. The molecule has 0 fully saturated rings. The number of quaternary nitrogens is 1. The highest BCUT2D eigenvalue weighted by atomic mass is 31.2. The molecule has 0 aliphatic rings. The highest BCUT2D eigenvalue weighted by Gasteiger charge is 2.27. The number of hydrogen-bond acceptors (Lipinski definition) is 7. The zero-order valence-corrected chi connectivity index (χ0v) is 35.9. The maximum atomic E-state index is 12.7. The highest BCUT2D eigenvalue weighted by molar-refractivity contribution is 7.47. The maximum absolute atomic E-state index is 12.7. The lowest BCUT2D eigenvalue weighted by molar-refractivity contribution is -0.870. The van der Waals surface area contributed by atoms with E-state index in [1.54, 1.807) is 0 Å². The minimum Gasteiger partial charge on any atom is -0.462 e. The molecule has 0 aromatic carbocycles. The molecule has 0 aliphatic heterocycles. The van der Waals surface area contributed by atoms with Crippen LogP contribution in [-0.4, -0.2) is 74.9 Å². The number of allylic oxidation sites excluding steroid dienone is 4. The van der Waals surface area contributed by atoms with Crippen LogP contribution in [0.3, 0.4) is 0 Å². The number of unbranched alkanes of at least 4 members (excludes halogenated alkanes) is 21. The number of ether oxygens (including phenoxy) is 2. The van der Waals surface area contributed by atoms with Crippen molar-refractivity contribution in [3.63, 3.8) is 0 Å². The molecule has 0 heterocycles. The van der Waals surface area contributed by atoms with Gasteiger partial charge in [0.1, 0.15) is 19.8 Å². The van der Waals surface area contributed by atoms with Gasteiger partial charge in [-0.2, -0.15) is 0 Å². The van der Waals surface area contributed by atoms with Crippen LogP contribution >= 0.6 is 7.82 Å². The first-order valence-corrected chi connectivity index (χ1v) is 23.1. The molecule has 0 saturated heterocycles. The van der Waals surface area contributed by atoms with Crippen LogP contribution < -0.4 is 0 Å². The standard InChI is InChI=1S/C43H82NO8P/c1-6-8-10-12-14-16-18-20-22-24-25-27-29-31-33-35-42(45)49-39-41(40-51-53(47,48)50-38-37-44(3,4)5)52-43(46)36-34-32-30-28-26-23-21-19-17-15-13-11-9-7-2/h19,21,24-25,41H,6-18,20,22-23,26-40H2,1-5H3/p+1/b21-19+,25-24+/t41-/m1/s1. The van der Waals surface area contributed by atoms with Crippen LogP contribution in [0.15, 0.2) is 24.3 Å². The molecule has 0 aromatic heterocycles. The first kappa shape index (κ1) is 51.5. The number of carbonyl (C=O) groups is 2. The van der Waals surface area contributed by atoms with Gasteiger partial charge in [-0.3, -0.25) is 18.6 Å². The summed E-state index contributed by atoms with van der Waals surface area (Å²) in [6, 6.07) is 0. The smallest absolute Gasteiger partial charge is 0.462 e. The topological polar surface area (TPSA) is 108 Å². The van der Waals surface area contributed by atoms with E-state index in [0.717, 1.165) is 57.8 Å². The third-order valence-corrected chi connectivity index (χ3v) is 10.2. The van der Waals surface area contributed by atoms with Crippen LogP contribution in [0.1, 0.15) is 187 Å². The Morgan fingerprint density at radius 1 is 0.566 bits per heavy atom. The van der Waals surface area contributed by atoms with Gasteiger partial charge in [0.15, 0.2) is 6.10 Å². The first-order valence-electron chi connectivity index (χ1n) is 21.6. The van der Waals surface area contributed by atoms with Gasteiger partial charge in [-0.15, -0.1) is 0 Å². The maximum Gasteiger partial charge on any atom is 0.472 e. The molecule has 0 saturated carbocycles. The Labute approximate surface area is 326 Å². The zero-order valence-electron chi connectivity index (χ0n) is 35.0. The molecule has 10 heteroatoms. The Bertz CT molecular complexity index is 964. The van der Waals surface area contributed by atoms with Crippen molar-refractivity contribution >= 4 is 19.8 Å². The quantitative estimate of drug-likeness (QED) is 0.0216. The third-order valence-electron chi connectivity index (χ3n) is 9.20. The average Bonchev–Trinajstić information content (AvgIpc) is 3.10. The summed E-state index contributed by atoms with van der Waals surface area (Å²) in [4.78, 5) is 35.3. The van der Waals surface area contributed by atoms with Gasteiger partial charge in [0, 0.05) is 12.8 Å². The molecule has 0 aliphatic carbocycles. The van der Waals surface area contributed by atoms with Crippen molar-refractivity contribution in [2.75, 3.05) is 47.5 Å². The molecule has 0 radical (unpaired) electrons. The number of phosphoric ester groups is 1. The van der Waals surface area contributed by atoms with Crippen molar-refractivity contribution in [1.29, 1.82) is 0 Å². The van der Waals surface area contributed by atoms with Gasteiger partial charge in [-0.25, -0.2) is 4.57 Å². The molecule has 53 heavy (non-hydrogen) atoms. The summed E-state index contributed by atoms with van der Waals surface area (Å²) in [6.07, 6.45) is 37.9. The fourth-order valence-corrected chi connectivity index (χ4v) is 6.51. The fourth-order valence-electron chi connectivity index (χ4n) is 5.77. The van der Waals surface area contributed by atoms with Crippen molar-refractivity contribution in [2.24, 2.45) is 0 Å². The van der Waals surface area contributed by atoms with Crippen LogP contribution in [-0.2, 0) is 32.7 Å². The van der Waals surface area contributed by atoms with Gasteiger partial charge in [-0.05, 0) is 64.2 Å². The van der Waals surface area contributed by atoms with Crippen LogP contribution in [0, 0.1) is 0 Å². The molecule has 2 atom stereocenters. The summed E-state index contributed by atoms with van der Waals surface area (Å²) < 4.78 is 34.2. The van der Waals surface area contributed by atoms with Crippen molar-refractivity contribution in [3.8, 4) is 0 Å². The molecular weight excluding hydrogens is 689 g/mol. The molecule has 0 rings (SSSR count). The van der Waals surface area contributed by atoms with Crippen molar-refractivity contribution in [3.05, 3.63) is 24.3 Å². The number of carbonyl (C=O) groups excluding carboxylic acids is 2. The summed E-state index contributed by atoms with van der Waals surface area (Å²) in [6.45, 7) is 4.39. The molecule has 1 unspecified atom stereocenters. The first-order chi connectivity index (χ1) is 25.5. The van der Waals surface area contributed by atoms with E-state index in [9.17, 15) is 19.0 Å². The summed E-state index contributed by atoms with van der Waals surface area (Å²) in [5.41, 5.74) is 0. The summed E-state index contributed by atoms with van der Waals surface area (Å²) in [5.74, 6) is -0.824. The number of nitrogens with zero attached hydrogens (tertiary/aromatic N) is 1. The second-order valence-corrected chi connectivity index (χ2v) is 17.2. The van der Waals surface area contributed by atoms with E-state index >= 15 is 0 Å². The van der Waals surface area contributed by atoms with Crippen molar-refractivity contribution in [1.82, 2.24) is 0 Å². The summed E-state index contributed by atoms with van der Waals surface area (Å²) in [7, 11) is 1.47. The minimum atomic E-state index is -4.37. The highest BCUT2D eigenvalue weighted by Crippen LogP contribution is 2.43. The Hall–Kier alpha value is -1.51. The fraction of sp³-hybridized carbons (Fsp3) is 0.860. The molecule has 0 aromatic rings. The molecule has 1 N–H and O–H groups in total. The van der Waals surface area contributed by atoms with Crippen LogP contribution in [0.4, 0.5) is 0 Å². The largest absolute Gasteiger partial charge is 0.472 e. The van der Waals surface area contributed by atoms with Crippen molar-refractivity contribution < 1.29 is 42.1 Å². The molecule has 0 bridgehead atoms. The van der Waals surface area contributed by atoms with E-state index in [0.29, 0.717) is 23.9 Å². The lowest BCUT2D eigenvalue weighted by Crippen LogP contribution is -2.37. The Morgan fingerprint density at radius 3 is 1.42 bits per heavy atom. The van der Waals surface area contributed by atoms with Gasteiger partial charge in [0.25, 0.3) is 0 Å². The number of likely N-dealkylation sites (N-methyl/N-ethyl adjacent to an activating group) is 1. The number of rotatable bonds is 39. The second-order valence-electron chi connectivity index (χ2n) is 15.7. The van der Waals surface area contributed by atoms with E-state index in [1.165, 1.54) is 89.9 Å². The minimum absolute atomic E-state index is 0.0289. The van der Waals surface area contributed by atoms with Gasteiger partial charge >= 0.3 is 19.8 Å². The van der Waals surface area contributed by atoms with Gasteiger partial charge < -0.3 is 18.9 Å². The molecular formula is C43H83NO8P+. The third kappa shape index (κ3) is 40.0. The average molecular weight is 773 g/mol. The van der Waals surface area contributed by atoms with Crippen molar-refractivity contribution in [2.45, 2.75) is 193 Å². The lowest BCUT2D eigenvalue weighted by atomic mass is 10.1. The van der Waals surface area contributed by atoms with Gasteiger partial charge in [0.2, 0.25) is 0 Å². The molecule has 9 nitrogen and oxygen atoms in total. The molecule has 312 valence electrons. The van der Waals surface area contributed by atoms with Crippen LogP contribution in [0.5, 0.6) is 0 Å². The normalized spacial score (nSPS) is 13.8. The predicted molar refractivity (Wildman–Crippen MR) is 220 cm³/mol. The Kier molecular flexibility index (Phi) is 35.1. The second kappa shape index (κ2) is 36.1. The number of esters is 2. The van der Waals surface area contributed by atoms with E-state index in [1.807, 2.05) is 21.1 Å². The zero-order chi connectivity index (χ0) is 39.3. The summed E-state index contributed by atoms with van der Waals surface area (Å²) in [5, 5.41) is 0. The lowest BCUT2D eigenvalue weighted by Gasteiger charge is -2.24. The van der Waals surface area contributed by atoms with E-state index in [4.69, 9.17) is 18.5 Å². The van der Waals surface area contributed by atoms with Gasteiger partial charge in [-0.1, -0.05) is 134 Å². The van der Waals surface area contributed by atoms with E-state index in [2.05, 4.69) is 38.2 Å². The molecule has 0 amide bonds. The summed E-state index contributed by atoms with van der Waals surface area (Å²) >= 11 is 0. The SMILES string of the molecule is CCCCCCC/C=C/CCCCCCCC(=O)O[C@H](COC(=O)CCCCC/C=C/CCCCCCCCCC)COP(=O)(O)OCC[N+](C)(C)C. The van der Waals surface area contributed by atoms with Gasteiger partial charge in [0.05, 0.1) is 27.7 Å². The predicted octanol–water partition coefficient (Wildman–Crippen LogP) is 12.0.